The molecule has 1 aromatic carbocycles. The van der Waals surface area contributed by atoms with Crippen molar-refractivity contribution in [1.82, 2.24) is 5.32 Å². The van der Waals surface area contributed by atoms with Gasteiger partial charge in [0.15, 0.2) is 0 Å². The normalized spacial score (nSPS) is 24.2. The summed E-state index contributed by atoms with van der Waals surface area (Å²) >= 11 is 0. The Kier molecular flexibility index (Phi) is 4.58. The quantitative estimate of drug-likeness (QED) is 0.883. The molecular formula is C17H26N2O. The molecule has 2 unspecified atom stereocenters. The molecule has 0 radical (unpaired) electrons. The van der Waals surface area contributed by atoms with Crippen molar-refractivity contribution < 1.29 is 5.11 Å². The van der Waals surface area contributed by atoms with Gasteiger partial charge in [0.05, 0.1) is 6.10 Å². The molecule has 3 nitrogen and oxygen atoms in total. The van der Waals surface area contributed by atoms with Crippen LogP contribution in [0.25, 0.3) is 0 Å². The zero-order chi connectivity index (χ0) is 13.8. The average Bonchev–Trinajstić information content (AvgIpc) is 2.48. The third-order valence-electron chi connectivity index (χ3n) is 4.64. The molecule has 3 heteroatoms. The molecule has 20 heavy (non-hydrogen) atoms. The minimum absolute atomic E-state index is 0.203. The van der Waals surface area contributed by atoms with Crippen molar-refractivity contribution in [2.24, 2.45) is 5.92 Å². The number of piperidine rings is 1. The van der Waals surface area contributed by atoms with Gasteiger partial charge in [-0.15, -0.1) is 0 Å². The predicted molar refractivity (Wildman–Crippen MR) is 83.2 cm³/mol. The van der Waals surface area contributed by atoms with Crippen LogP contribution in [-0.2, 0) is 6.42 Å². The summed E-state index contributed by atoms with van der Waals surface area (Å²) in [6.07, 6.45) is 5.63. The SMILES string of the molecule is OC(CC1CCCNC1)CN1CCCc2ccccc21. The van der Waals surface area contributed by atoms with Gasteiger partial charge in [-0.2, -0.15) is 0 Å². The Morgan fingerprint density at radius 3 is 3.05 bits per heavy atom. The summed E-state index contributed by atoms with van der Waals surface area (Å²) < 4.78 is 0. The lowest BCUT2D eigenvalue weighted by atomic mass is 9.93. The largest absolute Gasteiger partial charge is 0.391 e. The summed E-state index contributed by atoms with van der Waals surface area (Å²) in [5, 5.41) is 13.8. The number of hydrogen-bond donors (Lipinski definition) is 2. The minimum atomic E-state index is -0.203. The van der Waals surface area contributed by atoms with E-state index in [9.17, 15) is 5.11 Å². The lowest BCUT2D eigenvalue weighted by molar-refractivity contribution is 0.138. The lowest BCUT2D eigenvalue weighted by Gasteiger charge is -2.34. The molecule has 0 saturated carbocycles. The molecule has 1 aromatic rings. The second kappa shape index (κ2) is 6.59. The molecule has 2 atom stereocenters. The van der Waals surface area contributed by atoms with Gasteiger partial charge in [-0.05, 0) is 62.7 Å². The Morgan fingerprint density at radius 1 is 1.30 bits per heavy atom. The van der Waals surface area contributed by atoms with Crippen LogP contribution in [0.3, 0.4) is 0 Å². The van der Waals surface area contributed by atoms with Crippen molar-refractivity contribution in [3.63, 3.8) is 0 Å². The number of β-amino-alcohol motifs (C(OH)–C–C–N with tert-alkyl or cyclic N) is 1. The summed E-state index contributed by atoms with van der Waals surface area (Å²) in [5.41, 5.74) is 2.77. The highest BCUT2D eigenvalue weighted by atomic mass is 16.3. The van der Waals surface area contributed by atoms with Crippen LogP contribution in [0.2, 0.25) is 0 Å². The number of anilines is 1. The van der Waals surface area contributed by atoms with Crippen LogP contribution in [0.1, 0.15) is 31.2 Å². The van der Waals surface area contributed by atoms with Crippen LogP contribution >= 0.6 is 0 Å². The van der Waals surface area contributed by atoms with Gasteiger partial charge in [0.25, 0.3) is 0 Å². The number of aliphatic hydroxyl groups is 1. The zero-order valence-corrected chi connectivity index (χ0v) is 12.2. The summed E-state index contributed by atoms with van der Waals surface area (Å²) in [7, 11) is 0. The van der Waals surface area contributed by atoms with Crippen molar-refractivity contribution in [3.05, 3.63) is 29.8 Å². The van der Waals surface area contributed by atoms with E-state index in [0.717, 1.165) is 32.6 Å². The first-order valence-corrected chi connectivity index (χ1v) is 8.04. The molecule has 1 saturated heterocycles. The Balaban J connectivity index is 1.57. The van der Waals surface area contributed by atoms with Crippen LogP contribution in [0.5, 0.6) is 0 Å². The maximum absolute atomic E-state index is 10.4. The molecule has 0 aliphatic carbocycles. The molecule has 2 N–H and O–H groups in total. The molecule has 0 aromatic heterocycles. The lowest BCUT2D eigenvalue weighted by Crippen LogP contribution is -2.39. The zero-order valence-electron chi connectivity index (χ0n) is 12.2. The van der Waals surface area contributed by atoms with Gasteiger partial charge in [-0.3, -0.25) is 0 Å². The van der Waals surface area contributed by atoms with Crippen molar-refractivity contribution in [3.8, 4) is 0 Å². The van der Waals surface area contributed by atoms with E-state index < -0.39 is 0 Å². The maximum atomic E-state index is 10.4. The van der Waals surface area contributed by atoms with Crippen molar-refractivity contribution in [2.45, 2.75) is 38.2 Å². The molecule has 2 aliphatic rings. The predicted octanol–water partition coefficient (Wildman–Crippen LogP) is 2.19. The van der Waals surface area contributed by atoms with E-state index >= 15 is 0 Å². The molecule has 2 heterocycles. The number of hydrogen-bond acceptors (Lipinski definition) is 3. The van der Waals surface area contributed by atoms with Gasteiger partial charge < -0.3 is 15.3 Å². The van der Waals surface area contributed by atoms with E-state index in [-0.39, 0.29) is 6.10 Å². The molecule has 0 amide bonds. The van der Waals surface area contributed by atoms with Crippen molar-refractivity contribution in [1.29, 1.82) is 0 Å². The fourth-order valence-corrected chi connectivity index (χ4v) is 3.64. The van der Waals surface area contributed by atoms with E-state index in [1.165, 1.54) is 36.9 Å². The van der Waals surface area contributed by atoms with Gasteiger partial charge in [0.2, 0.25) is 0 Å². The Morgan fingerprint density at radius 2 is 2.20 bits per heavy atom. The van der Waals surface area contributed by atoms with Crippen LogP contribution in [0, 0.1) is 5.92 Å². The maximum Gasteiger partial charge on any atom is 0.0718 e. The Bertz CT molecular complexity index is 429. The van der Waals surface area contributed by atoms with Crippen molar-refractivity contribution in [2.75, 3.05) is 31.1 Å². The Labute approximate surface area is 122 Å². The summed E-state index contributed by atoms with van der Waals surface area (Å²) in [5.74, 6) is 0.652. The smallest absolute Gasteiger partial charge is 0.0718 e. The van der Waals surface area contributed by atoms with E-state index in [1.807, 2.05) is 0 Å². The first kappa shape index (κ1) is 13.9. The van der Waals surface area contributed by atoms with Crippen LogP contribution in [-0.4, -0.2) is 37.4 Å². The second-order valence-corrected chi connectivity index (χ2v) is 6.28. The number of aryl methyl sites for hydroxylation is 1. The van der Waals surface area contributed by atoms with E-state index in [4.69, 9.17) is 0 Å². The highest BCUT2D eigenvalue weighted by Crippen LogP contribution is 2.27. The molecule has 0 spiro atoms. The van der Waals surface area contributed by atoms with Gasteiger partial charge in [-0.1, -0.05) is 18.2 Å². The van der Waals surface area contributed by atoms with Crippen LogP contribution < -0.4 is 10.2 Å². The minimum Gasteiger partial charge on any atom is -0.391 e. The summed E-state index contributed by atoms with van der Waals surface area (Å²) in [6.45, 7) is 4.09. The van der Waals surface area contributed by atoms with Gasteiger partial charge >= 0.3 is 0 Å². The van der Waals surface area contributed by atoms with Gasteiger partial charge in [0.1, 0.15) is 0 Å². The van der Waals surface area contributed by atoms with Gasteiger partial charge in [-0.25, -0.2) is 0 Å². The average molecular weight is 274 g/mol. The summed E-state index contributed by atoms with van der Waals surface area (Å²) in [6, 6.07) is 8.64. The fourth-order valence-electron chi connectivity index (χ4n) is 3.64. The monoisotopic (exact) mass is 274 g/mol. The molecule has 110 valence electrons. The third-order valence-corrected chi connectivity index (χ3v) is 4.64. The number of nitrogens with one attached hydrogen (secondary N) is 1. The topological polar surface area (TPSA) is 35.5 Å². The molecule has 1 fully saturated rings. The second-order valence-electron chi connectivity index (χ2n) is 6.28. The molecular weight excluding hydrogens is 248 g/mol. The van der Waals surface area contributed by atoms with E-state index in [0.29, 0.717) is 5.92 Å². The van der Waals surface area contributed by atoms with Gasteiger partial charge in [0, 0.05) is 18.8 Å². The highest BCUT2D eigenvalue weighted by molar-refractivity contribution is 5.55. The molecule has 2 aliphatic heterocycles. The first-order valence-electron chi connectivity index (χ1n) is 8.04. The number of benzene rings is 1. The fraction of sp³-hybridized carbons (Fsp3) is 0.647. The highest BCUT2D eigenvalue weighted by Gasteiger charge is 2.22. The first-order chi connectivity index (χ1) is 9.83. The molecule has 3 rings (SSSR count). The number of rotatable bonds is 4. The number of aliphatic hydroxyl groups excluding tert-OH is 1. The third kappa shape index (κ3) is 3.33. The number of para-hydroxylation sites is 1. The van der Waals surface area contributed by atoms with E-state index in [1.54, 1.807) is 0 Å². The molecule has 0 bridgehead atoms. The summed E-state index contributed by atoms with van der Waals surface area (Å²) in [4.78, 5) is 2.37. The van der Waals surface area contributed by atoms with E-state index in [2.05, 4.69) is 34.5 Å². The standard InChI is InChI=1S/C17H26N2O/c20-16(11-14-5-3-9-18-12-14)13-19-10-4-7-15-6-1-2-8-17(15)19/h1-2,6,8,14,16,18,20H,3-5,7,9-13H2. The van der Waals surface area contributed by atoms with Crippen LogP contribution in [0.15, 0.2) is 24.3 Å². The number of fused-ring (bicyclic) bond motifs is 1. The van der Waals surface area contributed by atoms with Crippen molar-refractivity contribution >= 4 is 5.69 Å². The van der Waals surface area contributed by atoms with Crippen LogP contribution in [0.4, 0.5) is 5.69 Å². The number of nitrogens with zero attached hydrogens (tertiary/aromatic N) is 1. The Hall–Kier alpha value is -1.06.